The van der Waals surface area contributed by atoms with Gasteiger partial charge < -0.3 is 14.8 Å². The van der Waals surface area contributed by atoms with Crippen molar-refractivity contribution < 1.29 is 22.7 Å². The molecule has 0 spiro atoms. The topological polar surface area (TPSA) is 93.7 Å². The number of benzene rings is 3. The Labute approximate surface area is 182 Å². The SMILES string of the molecule is COc1cccc(OCC(=O)Nc2ccc(S(=O)(=O)Nc3ccc(C)c(C)c3)cc2)c1. The molecule has 1 amide bonds. The molecule has 0 radical (unpaired) electrons. The highest BCUT2D eigenvalue weighted by atomic mass is 32.2. The fourth-order valence-electron chi connectivity index (χ4n) is 2.77. The quantitative estimate of drug-likeness (QED) is 0.549. The van der Waals surface area contributed by atoms with E-state index in [4.69, 9.17) is 9.47 Å². The van der Waals surface area contributed by atoms with E-state index >= 15 is 0 Å². The smallest absolute Gasteiger partial charge is 0.262 e. The number of rotatable bonds is 8. The van der Waals surface area contributed by atoms with Gasteiger partial charge >= 0.3 is 0 Å². The molecule has 0 saturated heterocycles. The van der Waals surface area contributed by atoms with Gasteiger partial charge in [-0.2, -0.15) is 0 Å². The lowest BCUT2D eigenvalue weighted by atomic mass is 10.1. The normalized spacial score (nSPS) is 10.9. The van der Waals surface area contributed by atoms with Crippen molar-refractivity contribution in [2.24, 2.45) is 0 Å². The number of methoxy groups -OCH3 is 1. The van der Waals surface area contributed by atoms with Gasteiger partial charge in [-0.05, 0) is 73.5 Å². The van der Waals surface area contributed by atoms with Crippen LogP contribution in [0.3, 0.4) is 0 Å². The van der Waals surface area contributed by atoms with E-state index in [-0.39, 0.29) is 17.4 Å². The average Bonchev–Trinajstić information content (AvgIpc) is 2.75. The Morgan fingerprint density at radius 2 is 1.55 bits per heavy atom. The number of sulfonamides is 1. The lowest BCUT2D eigenvalue weighted by Crippen LogP contribution is -2.20. The van der Waals surface area contributed by atoms with E-state index in [0.717, 1.165) is 11.1 Å². The van der Waals surface area contributed by atoms with E-state index in [9.17, 15) is 13.2 Å². The Kier molecular flexibility index (Phi) is 6.81. The van der Waals surface area contributed by atoms with Gasteiger partial charge in [0.1, 0.15) is 11.5 Å². The van der Waals surface area contributed by atoms with E-state index in [0.29, 0.717) is 22.9 Å². The molecule has 0 aliphatic heterocycles. The summed E-state index contributed by atoms with van der Waals surface area (Å²) >= 11 is 0. The summed E-state index contributed by atoms with van der Waals surface area (Å²) in [5, 5.41) is 2.67. The maximum atomic E-state index is 12.6. The molecule has 162 valence electrons. The molecular formula is C23H24N2O5S. The molecule has 0 atom stereocenters. The van der Waals surface area contributed by atoms with Crippen LogP contribution in [0, 0.1) is 13.8 Å². The molecule has 3 aromatic carbocycles. The zero-order valence-electron chi connectivity index (χ0n) is 17.5. The van der Waals surface area contributed by atoms with Crippen LogP contribution in [-0.2, 0) is 14.8 Å². The van der Waals surface area contributed by atoms with Crippen molar-refractivity contribution in [1.82, 2.24) is 0 Å². The van der Waals surface area contributed by atoms with E-state index in [1.54, 1.807) is 43.5 Å². The van der Waals surface area contributed by atoms with Crippen LogP contribution in [-0.4, -0.2) is 28.0 Å². The molecule has 31 heavy (non-hydrogen) atoms. The maximum Gasteiger partial charge on any atom is 0.262 e. The first kappa shape index (κ1) is 22.2. The van der Waals surface area contributed by atoms with Crippen LogP contribution in [0.15, 0.2) is 71.6 Å². The summed E-state index contributed by atoms with van der Waals surface area (Å²) in [5.41, 5.74) is 3.03. The number of anilines is 2. The second kappa shape index (κ2) is 9.53. The number of hydrogen-bond acceptors (Lipinski definition) is 5. The lowest BCUT2D eigenvalue weighted by molar-refractivity contribution is -0.118. The molecule has 7 nitrogen and oxygen atoms in total. The number of ether oxygens (including phenoxy) is 2. The summed E-state index contributed by atoms with van der Waals surface area (Å²) in [7, 11) is -2.19. The van der Waals surface area contributed by atoms with Gasteiger partial charge in [-0.25, -0.2) is 8.42 Å². The Hall–Kier alpha value is -3.52. The molecule has 8 heteroatoms. The summed E-state index contributed by atoms with van der Waals surface area (Å²) in [5.74, 6) is 0.768. The Morgan fingerprint density at radius 1 is 0.871 bits per heavy atom. The Bertz CT molecular complexity index is 1170. The lowest BCUT2D eigenvalue weighted by Gasteiger charge is -2.11. The van der Waals surface area contributed by atoms with Crippen molar-refractivity contribution in [2.45, 2.75) is 18.7 Å². The van der Waals surface area contributed by atoms with E-state index in [1.807, 2.05) is 19.9 Å². The number of carbonyl (C=O) groups is 1. The minimum absolute atomic E-state index is 0.0938. The molecule has 0 fully saturated rings. The third kappa shape index (κ3) is 5.99. The Balaban J connectivity index is 1.59. The van der Waals surface area contributed by atoms with Crippen LogP contribution in [0.1, 0.15) is 11.1 Å². The van der Waals surface area contributed by atoms with Crippen molar-refractivity contribution in [3.63, 3.8) is 0 Å². The molecule has 0 aromatic heterocycles. The van der Waals surface area contributed by atoms with E-state index < -0.39 is 10.0 Å². The first-order valence-electron chi connectivity index (χ1n) is 9.54. The third-order valence-electron chi connectivity index (χ3n) is 4.62. The number of aryl methyl sites for hydroxylation is 2. The van der Waals surface area contributed by atoms with Crippen LogP contribution < -0.4 is 19.5 Å². The van der Waals surface area contributed by atoms with Gasteiger partial charge in [0, 0.05) is 17.4 Å². The summed E-state index contributed by atoms with van der Waals surface area (Å²) in [6.45, 7) is 3.69. The van der Waals surface area contributed by atoms with Gasteiger partial charge in [0.2, 0.25) is 0 Å². The number of nitrogens with one attached hydrogen (secondary N) is 2. The van der Waals surface area contributed by atoms with E-state index in [2.05, 4.69) is 10.0 Å². The molecular weight excluding hydrogens is 416 g/mol. The summed E-state index contributed by atoms with van der Waals surface area (Å²) in [4.78, 5) is 12.2. The van der Waals surface area contributed by atoms with Crippen molar-refractivity contribution in [2.75, 3.05) is 23.8 Å². The van der Waals surface area contributed by atoms with E-state index in [1.165, 1.54) is 24.3 Å². The molecule has 3 aromatic rings. The predicted molar refractivity (Wildman–Crippen MR) is 120 cm³/mol. The molecule has 0 heterocycles. The molecule has 0 aliphatic rings. The van der Waals surface area contributed by atoms with Crippen molar-refractivity contribution >= 4 is 27.3 Å². The fraction of sp³-hybridized carbons (Fsp3) is 0.174. The van der Waals surface area contributed by atoms with Gasteiger partial charge in [-0.3, -0.25) is 9.52 Å². The summed E-state index contributed by atoms with van der Waals surface area (Å²) in [6, 6.07) is 18.2. The largest absolute Gasteiger partial charge is 0.497 e. The van der Waals surface area contributed by atoms with Crippen molar-refractivity contribution in [3.8, 4) is 11.5 Å². The van der Waals surface area contributed by atoms with Crippen molar-refractivity contribution in [1.29, 1.82) is 0 Å². The highest BCUT2D eigenvalue weighted by Gasteiger charge is 2.15. The monoisotopic (exact) mass is 440 g/mol. The highest BCUT2D eigenvalue weighted by Crippen LogP contribution is 2.21. The Morgan fingerprint density at radius 3 is 2.23 bits per heavy atom. The zero-order valence-corrected chi connectivity index (χ0v) is 18.3. The minimum atomic E-state index is -3.74. The summed E-state index contributed by atoms with van der Waals surface area (Å²) < 4.78 is 38.4. The predicted octanol–water partition coefficient (Wildman–Crippen LogP) is 4.13. The van der Waals surface area contributed by atoms with Crippen molar-refractivity contribution in [3.05, 3.63) is 77.9 Å². The highest BCUT2D eigenvalue weighted by molar-refractivity contribution is 7.92. The second-order valence-corrected chi connectivity index (χ2v) is 8.63. The number of carbonyl (C=O) groups excluding carboxylic acids is 1. The maximum absolute atomic E-state index is 12.6. The molecule has 3 rings (SSSR count). The van der Waals surface area contributed by atoms with Crippen LogP contribution in [0.5, 0.6) is 11.5 Å². The number of hydrogen-bond donors (Lipinski definition) is 2. The molecule has 0 bridgehead atoms. The average molecular weight is 441 g/mol. The van der Waals surface area contributed by atoms with Crippen LogP contribution >= 0.6 is 0 Å². The second-order valence-electron chi connectivity index (χ2n) is 6.94. The third-order valence-corrected chi connectivity index (χ3v) is 6.02. The number of amides is 1. The molecule has 0 unspecified atom stereocenters. The molecule has 0 saturated carbocycles. The van der Waals surface area contributed by atoms with Gasteiger partial charge in [-0.1, -0.05) is 12.1 Å². The first-order valence-corrected chi connectivity index (χ1v) is 11.0. The van der Waals surface area contributed by atoms with Crippen LogP contribution in [0.25, 0.3) is 0 Å². The van der Waals surface area contributed by atoms with Gasteiger partial charge in [0.05, 0.1) is 12.0 Å². The summed E-state index contributed by atoms with van der Waals surface area (Å²) in [6.07, 6.45) is 0. The van der Waals surface area contributed by atoms with Crippen LogP contribution in [0.4, 0.5) is 11.4 Å². The molecule has 0 aliphatic carbocycles. The zero-order chi connectivity index (χ0) is 22.4. The van der Waals surface area contributed by atoms with Gasteiger partial charge in [-0.15, -0.1) is 0 Å². The standard InChI is InChI=1S/C23H24N2O5S/c1-16-7-8-19(13-17(16)2)25-31(27,28)22-11-9-18(10-12-22)24-23(26)15-30-21-6-4-5-20(14-21)29-3/h4-14,25H,15H2,1-3H3,(H,24,26). The van der Waals surface area contributed by atoms with Gasteiger partial charge in [0.25, 0.3) is 15.9 Å². The first-order chi connectivity index (χ1) is 14.8. The van der Waals surface area contributed by atoms with Crippen LogP contribution in [0.2, 0.25) is 0 Å². The van der Waals surface area contributed by atoms with Gasteiger partial charge in [0.15, 0.2) is 6.61 Å². The minimum Gasteiger partial charge on any atom is -0.497 e. The fourth-order valence-corrected chi connectivity index (χ4v) is 3.82. The molecule has 2 N–H and O–H groups in total.